The van der Waals surface area contributed by atoms with Crippen LogP contribution in [0.2, 0.25) is 0 Å². The number of ether oxygens (including phenoxy) is 1. The fourth-order valence-electron chi connectivity index (χ4n) is 1.46. The minimum absolute atomic E-state index is 0.0277. The molecular weight excluding hydrogens is 296 g/mol. The van der Waals surface area contributed by atoms with Gasteiger partial charge < -0.3 is 15.4 Å². The minimum atomic E-state index is -0.141. The van der Waals surface area contributed by atoms with Gasteiger partial charge in [0.1, 0.15) is 5.75 Å². The van der Waals surface area contributed by atoms with Crippen LogP contribution in [-0.4, -0.2) is 26.1 Å². The van der Waals surface area contributed by atoms with Crippen LogP contribution in [-0.2, 0) is 11.3 Å². The lowest BCUT2D eigenvalue weighted by Crippen LogP contribution is -2.25. The number of hydrogen-bond acceptors (Lipinski definition) is 3. The number of halogens is 1. The van der Waals surface area contributed by atoms with Crippen LogP contribution in [0.25, 0.3) is 0 Å². The van der Waals surface area contributed by atoms with Crippen molar-refractivity contribution in [1.82, 2.24) is 10.6 Å². The summed E-state index contributed by atoms with van der Waals surface area (Å²) in [5, 5.41) is 5.85. The van der Waals surface area contributed by atoms with Crippen LogP contribution in [0, 0.1) is 0 Å². The third kappa shape index (κ3) is 4.66. The van der Waals surface area contributed by atoms with Crippen molar-refractivity contribution in [3.8, 4) is 5.75 Å². The van der Waals surface area contributed by atoms with Crippen molar-refractivity contribution in [2.75, 3.05) is 20.2 Å². The van der Waals surface area contributed by atoms with E-state index < -0.39 is 0 Å². The lowest BCUT2D eigenvalue weighted by Gasteiger charge is -2.13. The van der Waals surface area contributed by atoms with E-state index in [1.54, 1.807) is 7.05 Å². The first-order valence-corrected chi connectivity index (χ1v) is 6.79. The molecule has 100 valence electrons. The number of nitrogens with one attached hydrogen (secondary N) is 2. The fourth-order valence-corrected chi connectivity index (χ4v) is 1.99. The number of benzene rings is 1. The van der Waals surface area contributed by atoms with E-state index in [-0.39, 0.29) is 12.5 Å². The van der Waals surface area contributed by atoms with Crippen molar-refractivity contribution in [3.05, 3.63) is 28.2 Å². The molecule has 0 bridgehead atoms. The van der Waals surface area contributed by atoms with Crippen molar-refractivity contribution < 1.29 is 9.53 Å². The van der Waals surface area contributed by atoms with Crippen LogP contribution < -0.4 is 15.4 Å². The van der Waals surface area contributed by atoms with Gasteiger partial charge in [-0.1, -0.05) is 19.1 Å². The van der Waals surface area contributed by atoms with Gasteiger partial charge in [-0.3, -0.25) is 4.79 Å². The first-order valence-electron chi connectivity index (χ1n) is 6.00. The zero-order chi connectivity index (χ0) is 13.4. The molecule has 0 aliphatic rings. The van der Waals surface area contributed by atoms with Gasteiger partial charge in [0.05, 0.1) is 4.47 Å². The maximum Gasteiger partial charge on any atom is 0.257 e. The van der Waals surface area contributed by atoms with Gasteiger partial charge in [-0.05, 0) is 35.0 Å². The molecule has 0 unspecified atom stereocenters. The summed E-state index contributed by atoms with van der Waals surface area (Å²) in [5.74, 6) is 0.586. The lowest BCUT2D eigenvalue weighted by molar-refractivity contribution is -0.122. The third-order valence-electron chi connectivity index (χ3n) is 2.42. The van der Waals surface area contributed by atoms with Gasteiger partial charge in [-0.15, -0.1) is 0 Å². The van der Waals surface area contributed by atoms with Gasteiger partial charge in [0.15, 0.2) is 6.61 Å². The van der Waals surface area contributed by atoms with Crippen LogP contribution in [0.1, 0.15) is 18.9 Å². The highest BCUT2D eigenvalue weighted by Gasteiger charge is 2.09. The smallest absolute Gasteiger partial charge is 0.257 e. The second-order valence-corrected chi connectivity index (χ2v) is 4.72. The average molecular weight is 315 g/mol. The van der Waals surface area contributed by atoms with Crippen LogP contribution in [0.4, 0.5) is 0 Å². The minimum Gasteiger partial charge on any atom is -0.482 e. The third-order valence-corrected chi connectivity index (χ3v) is 3.04. The zero-order valence-electron chi connectivity index (χ0n) is 10.8. The number of rotatable bonds is 7. The molecule has 1 aromatic carbocycles. The molecule has 18 heavy (non-hydrogen) atoms. The van der Waals surface area contributed by atoms with Crippen molar-refractivity contribution in [1.29, 1.82) is 0 Å². The van der Waals surface area contributed by atoms with Gasteiger partial charge in [0.2, 0.25) is 0 Å². The first-order chi connectivity index (χ1) is 8.69. The van der Waals surface area contributed by atoms with E-state index in [0.29, 0.717) is 0 Å². The first kappa shape index (κ1) is 15.0. The van der Waals surface area contributed by atoms with Gasteiger partial charge in [0, 0.05) is 19.2 Å². The number of carbonyl (C=O) groups excluding carboxylic acids is 1. The van der Waals surface area contributed by atoms with Crippen molar-refractivity contribution >= 4 is 21.8 Å². The quantitative estimate of drug-likeness (QED) is 0.758. The highest BCUT2D eigenvalue weighted by molar-refractivity contribution is 9.10. The van der Waals surface area contributed by atoms with Gasteiger partial charge >= 0.3 is 0 Å². The lowest BCUT2D eigenvalue weighted by atomic mass is 10.2. The zero-order valence-corrected chi connectivity index (χ0v) is 12.3. The average Bonchev–Trinajstić information content (AvgIpc) is 2.38. The molecule has 0 saturated heterocycles. The van der Waals surface area contributed by atoms with Crippen molar-refractivity contribution in [3.63, 3.8) is 0 Å². The number of hydrogen-bond donors (Lipinski definition) is 2. The SMILES string of the molecule is CCCNCc1cccc(Br)c1OCC(=O)NC. The number of amides is 1. The summed E-state index contributed by atoms with van der Waals surface area (Å²) in [4.78, 5) is 11.2. The summed E-state index contributed by atoms with van der Waals surface area (Å²) in [6, 6.07) is 5.86. The summed E-state index contributed by atoms with van der Waals surface area (Å²) in [6.07, 6.45) is 1.09. The second kappa shape index (κ2) is 8.11. The largest absolute Gasteiger partial charge is 0.482 e. The molecule has 1 amide bonds. The number of likely N-dealkylation sites (N-methyl/N-ethyl adjacent to an activating group) is 1. The predicted molar refractivity (Wildman–Crippen MR) is 75.7 cm³/mol. The van der Waals surface area contributed by atoms with Gasteiger partial charge in [-0.25, -0.2) is 0 Å². The summed E-state index contributed by atoms with van der Waals surface area (Å²) >= 11 is 3.44. The molecule has 1 aromatic rings. The Labute approximate surface area is 116 Å². The van der Waals surface area contributed by atoms with E-state index in [4.69, 9.17) is 4.74 Å². The molecule has 0 aromatic heterocycles. The maximum absolute atomic E-state index is 11.2. The van der Waals surface area contributed by atoms with E-state index in [2.05, 4.69) is 33.5 Å². The molecule has 2 N–H and O–H groups in total. The van der Waals surface area contributed by atoms with E-state index in [0.717, 1.165) is 35.3 Å². The molecule has 0 heterocycles. The van der Waals surface area contributed by atoms with E-state index in [1.165, 1.54) is 0 Å². The van der Waals surface area contributed by atoms with Crippen LogP contribution in [0.15, 0.2) is 22.7 Å². The standard InChI is InChI=1S/C13H19BrN2O2/c1-3-7-16-8-10-5-4-6-11(14)13(10)18-9-12(17)15-2/h4-6,16H,3,7-9H2,1-2H3,(H,15,17). The molecule has 5 heteroatoms. The molecule has 4 nitrogen and oxygen atoms in total. The van der Waals surface area contributed by atoms with Crippen molar-refractivity contribution in [2.45, 2.75) is 19.9 Å². The number of para-hydroxylation sites is 1. The molecule has 1 rings (SSSR count). The molecule has 0 aliphatic carbocycles. The van der Waals surface area contributed by atoms with Gasteiger partial charge in [0.25, 0.3) is 5.91 Å². The Balaban J connectivity index is 2.70. The van der Waals surface area contributed by atoms with E-state index in [1.807, 2.05) is 18.2 Å². The van der Waals surface area contributed by atoms with Crippen LogP contribution in [0.3, 0.4) is 0 Å². The number of carbonyl (C=O) groups is 1. The highest BCUT2D eigenvalue weighted by atomic mass is 79.9. The second-order valence-electron chi connectivity index (χ2n) is 3.87. The Morgan fingerprint density at radius 3 is 2.89 bits per heavy atom. The van der Waals surface area contributed by atoms with Crippen molar-refractivity contribution in [2.24, 2.45) is 0 Å². The monoisotopic (exact) mass is 314 g/mol. The Morgan fingerprint density at radius 1 is 1.44 bits per heavy atom. The van der Waals surface area contributed by atoms with E-state index >= 15 is 0 Å². The molecule has 0 atom stereocenters. The van der Waals surface area contributed by atoms with E-state index in [9.17, 15) is 4.79 Å². The topological polar surface area (TPSA) is 50.4 Å². The summed E-state index contributed by atoms with van der Waals surface area (Å²) in [6.45, 7) is 3.84. The summed E-state index contributed by atoms with van der Waals surface area (Å²) < 4.78 is 6.42. The predicted octanol–water partition coefficient (Wildman–Crippen LogP) is 2.07. The van der Waals surface area contributed by atoms with Crippen LogP contribution >= 0.6 is 15.9 Å². The summed E-state index contributed by atoms with van der Waals surface area (Å²) in [5.41, 5.74) is 1.04. The molecule has 0 aliphatic heterocycles. The fraction of sp³-hybridized carbons (Fsp3) is 0.462. The highest BCUT2D eigenvalue weighted by Crippen LogP contribution is 2.29. The molecule has 0 spiro atoms. The van der Waals surface area contributed by atoms with Crippen LogP contribution in [0.5, 0.6) is 5.75 Å². The Kier molecular flexibility index (Phi) is 6.75. The molecular formula is C13H19BrN2O2. The Bertz CT molecular complexity index is 397. The Morgan fingerprint density at radius 2 is 2.22 bits per heavy atom. The Hall–Kier alpha value is -1.07. The molecule has 0 fully saturated rings. The molecule has 0 saturated carbocycles. The molecule has 0 radical (unpaired) electrons. The normalized spacial score (nSPS) is 10.2. The maximum atomic E-state index is 11.2. The summed E-state index contributed by atoms with van der Waals surface area (Å²) in [7, 11) is 1.59. The van der Waals surface area contributed by atoms with Gasteiger partial charge in [-0.2, -0.15) is 0 Å².